The second-order valence-electron chi connectivity index (χ2n) is 6.66. The second-order valence-corrected chi connectivity index (χ2v) is 7.91. The van der Waals surface area contributed by atoms with Crippen LogP contribution >= 0.6 is 34.8 Å². The largest absolute Gasteiger partial charge is 0.342 e. The SMILES string of the molecule is N#C/C(=C\c1cn(Cc2ccc(Cl)c(Cl)c2)c2ccccc12)c1cccc(Cl)c1. The Morgan fingerprint density at radius 1 is 0.931 bits per heavy atom. The molecule has 0 saturated heterocycles. The van der Waals surface area contributed by atoms with E-state index in [0.717, 1.165) is 27.6 Å². The van der Waals surface area contributed by atoms with Gasteiger partial charge in [-0.3, -0.25) is 0 Å². The number of rotatable bonds is 4. The quantitative estimate of drug-likeness (QED) is 0.300. The highest BCUT2D eigenvalue weighted by atomic mass is 35.5. The molecule has 0 bridgehead atoms. The van der Waals surface area contributed by atoms with Crippen LogP contribution in [0, 0.1) is 11.3 Å². The fourth-order valence-electron chi connectivity index (χ4n) is 3.35. The number of para-hydroxylation sites is 1. The van der Waals surface area contributed by atoms with Gasteiger partial charge >= 0.3 is 0 Å². The summed E-state index contributed by atoms with van der Waals surface area (Å²) < 4.78 is 2.15. The van der Waals surface area contributed by atoms with Crippen molar-refractivity contribution in [3.8, 4) is 6.07 Å². The molecule has 0 aliphatic heterocycles. The van der Waals surface area contributed by atoms with E-state index in [1.807, 2.05) is 42.5 Å². The van der Waals surface area contributed by atoms with Gasteiger partial charge in [0.1, 0.15) is 0 Å². The minimum Gasteiger partial charge on any atom is -0.342 e. The fourth-order valence-corrected chi connectivity index (χ4v) is 3.86. The maximum atomic E-state index is 9.71. The van der Waals surface area contributed by atoms with Crippen molar-refractivity contribution < 1.29 is 0 Å². The highest BCUT2D eigenvalue weighted by molar-refractivity contribution is 6.42. The topological polar surface area (TPSA) is 28.7 Å². The van der Waals surface area contributed by atoms with Crippen LogP contribution in [0.2, 0.25) is 15.1 Å². The summed E-state index contributed by atoms with van der Waals surface area (Å²) in [4.78, 5) is 0. The molecule has 0 N–H and O–H groups in total. The molecule has 0 atom stereocenters. The van der Waals surface area contributed by atoms with Gasteiger partial charge < -0.3 is 4.57 Å². The van der Waals surface area contributed by atoms with E-state index in [2.05, 4.69) is 29.0 Å². The van der Waals surface area contributed by atoms with Crippen molar-refractivity contribution in [3.63, 3.8) is 0 Å². The number of allylic oxidation sites excluding steroid dienone is 1. The average Bonchev–Trinajstić information content (AvgIpc) is 3.06. The number of aromatic nitrogens is 1. The Labute approximate surface area is 184 Å². The van der Waals surface area contributed by atoms with E-state index in [-0.39, 0.29) is 0 Å². The molecule has 142 valence electrons. The maximum Gasteiger partial charge on any atom is 0.0998 e. The molecule has 0 saturated carbocycles. The molecule has 0 unspecified atom stereocenters. The molecule has 0 spiro atoms. The summed E-state index contributed by atoms with van der Waals surface area (Å²) >= 11 is 18.3. The Morgan fingerprint density at radius 3 is 2.52 bits per heavy atom. The van der Waals surface area contributed by atoms with Crippen molar-refractivity contribution >= 4 is 57.4 Å². The summed E-state index contributed by atoms with van der Waals surface area (Å²) in [6.07, 6.45) is 3.95. The number of fused-ring (bicyclic) bond motifs is 1. The van der Waals surface area contributed by atoms with Crippen LogP contribution < -0.4 is 0 Å². The molecule has 0 aliphatic rings. The monoisotopic (exact) mass is 436 g/mol. The van der Waals surface area contributed by atoms with E-state index in [0.29, 0.717) is 27.2 Å². The van der Waals surface area contributed by atoms with E-state index in [9.17, 15) is 5.26 Å². The first-order chi connectivity index (χ1) is 14.0. The predicted molar refractivity (Wildman–Crippen MR) is 122 cm³/mol. The standard InChI is InChI=1S/C24H15Cl3N2/c25-20-5-3-4-17(12-20)18(13-28)11-19-15-29(24-7-2-1-6-21(19)24)14-16-8-9-22(26)23(27)10-16/h1-12,15H,14H2/b18-11+. The minimum absolute atomic E-state index is 0.536. The van der Waals surface area contributed by atoms with E-state index in [1.54, 1.807) is 18.2 Å². The molecule has 4 rings (SSSR count). The van der Waals surface area contributed by atoms with Crippen molar-refractivity contribution in [2.24, 2.45) is 0 Å². The molecule has 5 heteroatoms. The Bertz CT molecular complexity index is 1280. The first kappa shape index (κ1) is 19.6. The van der Waals surface area contributed by atoms with Gasteiger partial charge in [-0.1, -0.05) is 71.2 Å². The number of nitrogens with zero attached hydrogens (tertiary/aromatic N) is 2. The molecule has 2 nitrogen and oxygen atoms in total. The summed E-state index contributed by atoms with van der Waals surface area (Å²) in [5, 5.41) is 12.5. The van der Waals surface area contributed by atoms with Crippen molar-refractivity contribution in [3.05, 3.63) is 105 Å². The van der Waals surface area contributed by atoms with Crippen molar-refractivity contribution in [2.45, 2.75) is 6.54 Å². The number of hydrogen-bond acceptors (Lipinski definition) is 1. The van der Waals surface area contributed by atoms with Gasteiger partial charge in [-0.2, -0.15) is 5.26 Å². The molecule has 1 heterocycles. The van der Waals surface area contributed by atoms with Gasteiger partial charge in [0, 0.05) is 34.2 Å². The maximum absolute atomic E-state index is 9.71. The van der Waals surface area contributed by atoms with Gasteiger partial charge in [0.05, 0.1) is 21.7 Å². The zero-order valence-electron chi connectivity index (χ0n) is 15.2. The van der Waals surface area contributed by atoms with Crippen LogP contribution in [0.5, 0.6) is 0 Å². The van der Waals surface area contributed by atoms with Crippen LogP contribution in [0.3, 0.4) is 0 Å². The molecule has 3 aromatic carbocycles. The third kappa shape index (κ3) is 4.18. The van der Waals surface area contributed by atoms with Crippen molar-refractivity contribution in [2.75, 3.05) is 0 Å². The number of hydrogen-bond donors (Lipinski definition) is 0. The fraction of sp³-hybridized carbons (Fsp3) is 0.0417. The van der Waals surface area contributed by atoms with Crippen LogP contribution in [0.15, 0.2) is 72.9 Å². The van der Waals surface area contributed by atoms with Crippen LogP contribution in [0.25, 0.3) is 22.6 Å². The lowest BCUT2D eigenvalue weighted by atomic mass is 10.0. The lowest BCUT2D eigenvalue weighted by Crippen LogP contribution is -1.97. The molecule has 0 radical (unpaired) electrons. The zero-order chi connectivity index (χ0) is 20.4. The van der Waals surface area contributed by atoms with E-state index in [1.165, 1.54) is 0 Å². The van der Waals surface area contributed by atoms with Crippen LogP contribution in [0.1, 0.15) is 16.7 Å². The van der Waals surface area contributed by atoms with Crippen LogP contribution in [-0.4, -0.2) is 4.57 Å². The first-order valence-corrected chi connectivity index (χ1v) is 10.1. The predicted octanol–water partition coefficient (Wildman–Crippen LogP) is 7.71. The number of benzene rings is 3. The van der Waals surface area contributed by atoms with Crippen molar-refractivity contribution in [1.29, 1.82) is 5.26 Å². The van der Waals surface area contributed by atoms with Gasteiger partial charge in [0.15, 0.2) is 0 Å². The molecular weight excluding hydrogens is 423 g/mol. The van der Waals surface area contributed by atoms with Crippen molar-refractivity contribution in [1.82, 2.24) is 4.57 Å². The van der Waals surface area contributed by atoms with Gasteiger partial charge in [-0.25, -0.2) is 0 Å². The number of nitriles is 1. The molecular formula is C24H15Cl3N2. The van der Waals surface area contributed by atoms with E-state index < -0.39 is 0 Å². The Hall–Kier alpha value is -2.70. The highest BCUT2D eigenvalue weighted by Gasteiger charge is 2.10. The third-order valence-electron chi connectivity index (χ3n) is 4.71. The molecule has 4 aromatic rings. The third-order valence-corrected chi connectivity index (χ3v) is 5.69. The summed E-state index contributed by atoms with van der Waals surface area (Å²) in [5.41, 5.74) is 4.45. The Balaban J connectivity index is 1.79. The molecule has 29 heavy (non-hydrogen) atoms. The van der Waals surface area contributed by atoms with Crippen LogP contribution in [0.4, 0.5) is 0 Å². The zero-order valence-corrected chi connectivity index (χ0v) is 17.5. The second kappa shape index (κ2) is 8.35. The molecule has 0 aliphatic carbocycles. The summed E-state index contributed by atoms with van der Waals surface area (Å²) in [5.74, 6) is 0. The lowest BCUT2D eigenvalue weighted by Gasteiger charge is -2.06. The number of halogens is 3. The summed E-state index contributed by atoms with van der Waals surface area (Å²) in [7, 11) is 0. The molecule has 0 amide bonds. The Kier molecular flexibility index (Phi) is 5.65. The van der Waals surface area contributed by atoms with E-state index in [4.69, 9.17) is 34.8 Å². The normalized spacial score (nSPS) is 11.6. The van der Waals surface area contributed by atoms with Gasteiger partial charge in [0.25, 0.3) is 0 Å². The molecule has 1 aromatic heterocycles. The lowest BCUT2D eigenvalue weighted by molar-refractivity contribution is 0.836. The smallest absolute Gasteiger partial charge is 0.0998 e. The Morgan fingerprint density at radius 2 is 1.76 bits per heavy atom. The van der Waals surface area contributed by atoms with Gasteiger partial charge in [0.2, 0.25) is 0 Å². The van der Waals surface area contributed by atoms with E-state index >= 15 is 0 Å². The van der Waals surface area contributed by atoms with Gasteiger partial charge in [-0.05, 0) is 47.5 Å². The summed E-state index contributed by atoms with van der Waals surface area (Å²) in [6.45, 7) is 0.643. The van der Waals surface area contributed by atoms with Crippen LogP contribution in [-0.2, 0) is 6.54 Å². The van der Waals surface area contributed by atoms with Gasteiger partial charge in [-0.15, -0.1) is 0 Å². The highest BCUT2D eigenvalue weighted by Crippen LogP contribution is 2.29. The minimum atomic E-state index is 0.536. The first-order valence-electron chi connectivity index (χ1n) is 8.94. The summed E-state index contributed by atoms with van der Waals surface area (Å²) in [6, 6.07) is 23.4. The average molecular weight is 438 g/mol. The molecule has 0 fully saturated rings.